The fraction of sp³-hybridized carbons (Fsp3) is 1.00. The summed E-state index contributed by atoms with van der Waals surface area (Å²) in [7, 11) is 3.39. The highest BCUT2D eigenvalue weighted by molar-refractivity contribution is 4.81. The highest BCUT2D eigenvalue weighted by Crippen LogP contribution is 2.31. The number of hydrogen-bond donors (Lipinski definition) is 2. The van der Waals surface area contributed by atoms with Gasteiger partial charge in [-0.3, -0.25) is 11.3 Å². The largest absolute Gasteiger partial charge is 0.353 e. The molecule has 0 heterocycles. The van der Waals surface area contributed by atoms with Gasteiger partial charge in [0.25, 0.3) is 0 Å². The molecule has 4 heteroatoms. The summed E-state index contributed by atoms with van der Waals surface area (Å²) in [5.74, 6) is 4.99. The van der Waals surface area contributed by atoms with Gasteiger partial charge in [-0.1, -0.05) is 0 Å². The van der Waals surface area contributed by atoms with Gasteiger partial charge in [0.05, 0.1) is 0 Å². The zero-order valence-electron chi connectivity index (χ0n) is 7.80. The molecular weight excluding hydrogens is 156 g/mol. The van der Waals surface area contributed by atoms with Crippen molar-refractivity contribution < 1.29 is 9.47 Å². The predicted octanol–water partition coefficient (Wildman–Crippen LogP) is 0.381. The van der Waals surface area contributed by atoms with E-state index >= 15 is 0 Å². The summed E-state index contributed by atoms with van der Waals surface area (Å²) in [6.45, 7) is 0. The van der Waals surface area contributed by atoms with E-state index < -0.39 is 0 Å². The number of methoxy groups -OCH3 is 2. The van der Waals surface area contributed by atoms with Crippen LogP contribution in [0.1, 0.15) is 25.7 Å². The Hall–Kier alpha value is -0.160. The van der Waals surface area contributed by atoms with Gasteiger partial charge in [-0.2, -0.15) is 0 Å². The van der Waals surface area contributed by atoms with Crippen molar-refractivity contribution in [3.63, 3.8) is 0 Å². The van der Waals surface area contributed by atoms with Crippen LogP contribution in [-0.2, 0) is 9.47 Å². The van der Waals surface area contributed by atoms with Crippen molar-refractivity contribution in [3.8, 4) is 0 Å². The predicted molar refractivity (Wildman–Crippen MR) is 46.3 cm³/mol. The maximum Gasteiger partial charge on any atom is 0.167 e. The van der Waals surface area contributed by atoms with Crippen LogP contribution in [0.4, 0.5) is 0 Å². The Kier molecular flexibility index (Phi) is 3.46. The van der Waals surface area contributed by atoms with E-state index in [0.717, 1.165) is 25.7 Å². The molecule has 0 spiro atoms. The monoisotopic (exact) mass is 174 g/mol. The molecule has 0 amide bonds. The molecule has 0 aromatic rings. The Morgan fingerprint density at radius 2 is 1.75 bits per heavy atom. The molecule has 0 bridgehead atoms. The molecule has 1 aliphatic carbocycles. The van der Waals surface area contributed by atoms with Gasteiger partial charge >= 0.3 is 0 Å². The second-order valence-corrected chi connectivity index (χ2v) is 3.26. The quantitative estimate of drug-likeness (QED) is 0.369. The molecule has 0 atom stereocenters. The lowest BCUT2D eigenvalue weighted by molar-refractivity contribution is -0.225. The van der Waals surface area contributed by atoms with Crippen LogP contribution < -0.4 is 11.3 Å². The molecule has 1 rings (SSSR count). The number of nitrogens with one attached hydrogen (secondary N) is 1. The van der Waals surface area contributed by atoms with E-state index in [1.54, 1.807) is 14.2 Å². The highest BCUT2D eigenvalue weighted by atomic mass is 16.7. The second kappa shape index (κ2) is 4.18. The zero-order chi connectivity index (χ0) is 9.03. The van der Waals surface area contributed by atoms with Crippen molar-refractivity contribution in [2.75, 3.05) is 14.2 Å². The molecule has 1 saturated carbocycles. The Morgan fingerprint density at radius 1 is 1.25 bits per heavy atom. The minimum absolute atomic E-state index is 0.354. The summed E-state index contributed by atoms with van der Waals surface area (Å²) in [4.78, 5) is 0. The highest BCUT2D eigenvalue weighted by Gasteiger charge is 2.34. The average Bonchev–Trinajstić information content (AvgIpc) is 2.18. The average molecular weight is 174 g/mol. The SMILES string of the molecule is COC1(OC)CCC(NN)CC1. The first-order valence-corrected chi connectivity index (χ1v) is 4.33. The third kappa shape index (κ3) is 1.95. The second-order valence-electron chi connectivity index (χ2n) is 3.26. The molecule has 72 valence electrons. The molecule has 0 aliphatic heterocycles. The molecule has 0 radical (unpaired) electrons. The maximum atomic E-state index is 5.34. The number of hydrogen-bond acceptors (Lipinski definition) is 4. The first-order valence-electron chi connectivity index (χ1n) is 4.33. The van der Waals surface area contributed by atoms with Crippen molar-refractivity contribution in [2.45, 2.75) is 37.5 Å². The molecule has 1 fully saturated rings. The maximum absolute atomic E-state index is 5.34. The van der Waals surface area contributed by atoms with Gasteiger partial charge in [-0.25, -0.2) is 0 Å². The van der Waals surface area contributed by atoms with E-state index in [1.165, 1.54) is 0 Å². The number of rotatable bonds is 3. The fourth-order valence-corrected chi connectivity index (χ4v) is 1.72. The lowest BCUT2D eigenvalue weighted by Crippen LogP contribution is -2.45. The molecule has 4 nitrogen and oxygen atoms in total. The van der Waals surface area contributed by atoms with Crippen molar-refractivity contribution in [1.29, 1.82) is 0 Å². The van der Waals surface area contributed by atoms with E-state index in [4.69, 9.17) is 15.3 Å². The normalized spacial score (nSPS) is 24.2. The summed E-state index contributed by atoms with van der Waals surface area (Å²) >= 11 is 0. The van der Waals surface area contributed by atoms with E-state index in [-0.39, 0.29) is 5.79 Å². The van der Waals surface area contributed by atoms with Crippen molar-refractivity contribution in [2.24, 2.45) is 5.84 Å². The van der Waals surface area contributed by atoms with E-state index in [9.17, 15) is 0 Å². The van der Waals surface area contributed by atoms with Crippen LogP contribution in [-0.4, -0.2) is 26.0 Å². The van der Waals surface area contributed by atoms with Gasteiger partial charge in [0.15, 0.2) is 5.79 Å². The number of hydrazine groups is 1. The van der Waals surface area contributed by atoms with E-state index in [0.29, 0.717) is 6.04 Å². The minimum atomic E-state index is -0.354. The molecule has 0 unspecified atom stereocenters. The summed E-state index contributed by atoms with van der Waals surface area (Å²) < 4.78 is 10.7. The molecule has 0 saturated heterocycles. The third-order valence-corrected chi connectivity index (χ3v) is 2.73. The Balaban J connectivity index is 2.42. The van der Waals surface area contributed by atoms with Gasteiger partial charge in [0.2, 0.25) is 0 Å². The molecule has 0 aromatic carbocycles. The van der Waals surface area contributed by atoms with Crippen molar-refractivity contribution in [3.05, 3.63) is 0 Å². The van der Waals surface area contributed by atoms with Crippen LogP contribution in [0.5, 0.6) is 0 Å². The van der Waals surface area contributed by atoms with E-state index in [1.807, 2.05) is 0 Å². The zero-order valence-corrected chi connectivity index (χ0v) is 7.80. The Bertz CT molecular complexity index is 127. The fourth-order valence-electron chi connectivity index (χ4n) is 1.72. The molecule has 12 heavy (non-hydrogen) atoms. The standard InChI is InChI=1S/C8H18N2O2/c1-11-8(12-2)5-3-7(10-9)4-6-8/h7,10H,3-6,9H2,1-2H3. The summed E-state index contributed by atoms with van der Waals surface area (Å²) in [6.07, 6.45) is 3.85. The van der Waals surface area contributed by atoms with Gasteiger partial charge in [0.1, 0.15) is 0 Å². The minimum Gasteiger partial charge on any atom is -0.353 e. The lowest BCUT2D eigenvalue weighted by atomic mass is 9.90. The van der Waals surface area contributed by atoms with Crippen LogP contribution in [0.2, 0.25) is 0 Å². The summed E-state index contributed by atoms with van der Waals surface area (Å²) in [6, 6.07) is 0.420. The van der Waals surface area contributed by atoms with Crippen molar-refractivity contribution >= 4 is 0 Å². The molecule has 3 N–H and O–H groups in total. The Labute approximate surface area is 73.4 Å². The topological polar surface area (TPSA) is 56.5 Å². The van der Waals surface area contributed by atoms with E-state index in [2.05, 4.69) is 5.43 Å². The number of ether oxygens (including phenoxy) is 2. The number of nitrogens with two attached hydrogens (primary N) is 1. The summed E-state index contributed by atoms with van der Waals surface area (Å²) in [5, 5.41) is 0. The van der Waals surface area contributed by atoms with Gasteiger partial charge in [0, 0.05) is 33.1 Å². The molecule has 0 aromatic heterocycles. The van der Waals surface area contributed by atoms with Crippen LogP contribution in [0.25, 0.3) is 0 Å². The van der Waals surface area contributed by atoms with Crippen LogP contribution in [0, 0.1) is 0 Å². The van der Waals surface area contributed by atoms with Gasteiger partial charge < -0.3 is 9.47 Å². The lowest BCUT2D eigenvalue weighted by Gasteiger charge is -2.37. The van der Waals surface area contributed by atoms with Crippen LogP contribution in [0.15, 0.2) is 0 Å². The Morgan fingerprint density at radius 3 is 2.08 bits per heavy atom. The van der Waals surface area contributed by atoms with Gasteiger partial charge in [-0.15, -0.1) is 0 Å². The smallest absolute Gasteiger partial charge is 0.167 e. The van der Waals surface area contributed by atoms with Crippen LogP contribution in [0.3, 0.4) is 0 Å². The van der Waals surface area contributed by atoms with Crippen molar-refractivity contribution in [1.82, 2.24) is 5.43 Å². The first kappa shape index (κ1) is 9.92. The van der Waals surface area contributed by atoms with Gasteiger partial charge in [-0.05, 0) is 12.8 Å². The van der Waals surface area contributed by atoms with Crippen LogP contribution >= 0.6 is 0 Å². The molecular formula is C8H18N2O2. The first-order chi connectivity index (χ1) is 5.76. The summed E-state index contributed by atoms with van der Waals surface area (Å²) in [5.41, 5.74) is 2.78. The molecule has 1 aliphatic rings. The third-order valence-electron chi connectivity index (χ3n) is 2.73.